The Morgan fingerprint density at radius 1 is 0.913 bits per heavy atom. The molecule has 1 saturated carbocycles. The van der Waals surface area contributed by atoms with Crippen molar-refractivity contribution >= 4 is 11.9 Å². The third-order valence-corrected chi connectivity index (χ3v) is 3.69. The van der Waals surface area contributed by atoms with E-state index >= 15 is 0 Å². The van der Waals surface area contributed by atoms with Crippen LogP contribution in [0.3, 0.4) is 0 Å². The summed E-state index contributed by atoms with van der Waals surface area (Å²) in [5.41, 5.74) is -1.54. The number of carbonyl (C=O) groups excluding carboxylic acids is 2. The zero-order valence-electron chi connectivity index (χ0n) is 14.8. The maximum atomic E-state index is 12.7. The van der Waals surface area contributed by atoms with E-state index in [9.17, 15) is 9.59 Å². The second-order valence-electron chi connectivity index (χ2n) is 8.14. The van der Waals surface area contributed by atoms with Crippen LogP contribution in [0.15, 0.2) is 30.3 Å². The van der Waals surface area contributed by atoms with Gasteiger partial charge in [0.15, 0.2) is 5.41 Å². The van der Waals surface area contributed by atoms with Gasteiger partial charge in [-0.25, -0.2) is 0 Å². The largest absolute Gasteiger partial charge is 0.459 e. The van der Waals surface area contributed by atoms with Gasteiger partial charge in [-0.2, -0.15) is 0 Å². The molecular weight excluding hydrogens is 292 g/mol. The summed E-state index contributed by atoms with van der Waals surface area (Å²) in [7, 11) is 0. The first-order valence-corrected chi connectivity index (χ1v) is 7.97. The van der Waals surface area contributed by atoms with Crippen molar-refractivity contribution in [2.45, 2.75) is 65.1 Å². The summed E-state index contributed by atoms with van der Waals surface area (Å²) in [6.45, 7) is 10.8. The first-order chi connectivity index (χ1) is 10.5. The molecule has 0 saturated heterocycles. The fourth-order valence-electron chi connectivity index (χ4n) is 2.62. The van der Waals surface area contributed by atoms with Crippen LogP contribution in [0.4, 0.5) is 0 Å². The monoisotopic (exact) mass is 318 g/mol. The molecule has 0 radical (unpaired) electrons. The van der Waals surface area contributed by atoms with E-state index < -0.39 is 28.6 Å². The van der Waals surface area contributed by atoms with Gasteiger partial charge >= 0.3 is 11.9 Å². The number of esters is 2. The Morgan fingerprint density at radius 3 is 1.74 bits per heavy atom. The molecule has 1 aliphatic carbocycles. The Labute approximate surface area is 138 Å². The topological polar surface area (TPSA) is 52.6 Å². The number of ether oxygens (including phenoxy) is 2. The van der Waals surface area contributed by atoms with Gasteiger partial charge in [-0.15, -0.1) is 0 Å². The summed E-state index contributed by atoms with van der Waals surface area (Å²) in [4.78, 5) is 25.5. The Morgan fingerprint density at radius 2 is 1.35 bits per heavy atom. The number of carbonyl (C=O) groups is 2. The van der Waals surface area contributed by atoms with E-state index in [1.54, 1.807) is 41.5 Å². The van der Waals surface area contributed by atoms with Crippen LogP contribution in [0.1, 0.15) is 59.4 Å². The summed E-state index contributed by atoms with van der Waals surface area (Å²) in [6.07, 6.45) is 0.431. The highest BCUT2D eigenvalue weighted by Crippen LogP contribution is 2.61. The number of benzene rings is 1. The summed E-state index contributed by atoms with van der Waals surface area (Å²) in [5, 5.41) is 0. The van der Waals surface area contributed by atoms with Crippen LogP contribution in [0.5, 0.6) is 0 Å². The van der Waals surface area contributed by atoms with Crippen molar-refractivity contribution in [2.24, 2.45) is 5.41 Å². The summed E-state index contributed by atoms with van der Waals surface area (Å²) in [6, 6.07) is 9.59. The number of hydrogen-bond donors (Lipinski definition) is 0. The summed E-state index contributed by atoms with van der Waals surface area (Å²) in [5.74, 6) is -1.17. The molecule has 1 aromatic rings. The van der Waals surface area contributed by atoms with Gasteiger partial charge in [0.1, 0.15) is 11.2 Å². The quantitative estimate of drug-likeness (QED) is 0.627. The Kier molecular flexibility index (Phi) is 4.31. The highest BCUT2D eigenvalue weighted by Gasteiger charge is 2.69. The van der Waals surface area contributed by atoms with Crippen LogP contribution in [0.2, 0.25) is 0 Å². The number of hydrogen-bond acceptors (Lipinski definition) is 4. The highest BCUT2D eigenvalue weighted by molar-refractivity contribution is 6.05. The second-order valence-corrected chi connectivity index (χ2v) is 8.14. The Bertz CT molecular complexity index is 562. The molecule has 1 aliphatic rings. The summed E-state index contributed by atoms with van der Waals surface area (Å²) < 4.78 is 11.0. The van der Waals surface area contributed by atoms with Gasteiger partial charge in [0.25, 0.3) is 0 Å². The van der Waals surface area contributed by atoms with Crippen molar-refractivity contribution in [3.63, 3.8) is 0 Å². The van der Waals surface area contributed by atoms with E-state index in [1.807, 2.05) is 30.3 Å². The first-order valence-electron chi connectivity index (χ1n) is 7.97. The van der Waals surface area contributed by atoms with Gasteiger partial charge in [-0.3, -0.25) is 9.59 Å². The second kappa shape index (κ2) is 5.66. The third-order valence-electron chi connectivity index (χ3n) is 3.69. The molecule has 126 valence electrons. The van der Waals surface area contributed by atoms with Crippen molar-refractivity contribution in [2.75, 3.05) is 0 Å². The predicted octanol–water partition coefficient (Wildman–Crippen LogP) is 3.84. The fourth-order valence-corrected chi connectivity index (χ4v) is 2.62. The van der Waals surface area contributed by atoms with Crippen molar-refractivity contribution in [3.05, 3.63) is 35.9 Å². The van der Waals surface area contributed by atoms with E-state index in [4.69, 9.17) is 9.47 Å². The van der Waals surface area contributed by atoms with Gasteiger partial charge in [-0.1, -0.05) is 30.3 Å². The highest BCUT2D eigenvalue weighted by atomic mass is 16.6. The molecule has 0 spiro atoms. The molecule has 0 bridgehead atoms. The maximum Gasteiger partial charge on any atom is 0.324 e. The molecule has 0 N–H and O–H groups in total. The summed E-state index contributed by atoms with van der Waals surface area (Å²) >= 11 is 0. The molecule has 0 heterocycles. The van der Waals surface area contributed by atoms with Crippen LogP contribution < -0.4 is 0 Å². The molecular formula is C19H26O4. The van der Waals surface area contributed by atoms with Crippen molar-refractivity contribution < 1.29 is 19.1 Å². The maximum absolute atomic E-state index is 12.7. The average molecular weight is 318 g/mol. The molecule has 23 heavy (non-hydrogen) atoms. The van der Waals surface area contributed by atoms with Gasteiger partial charge < -0.3 is 9.47 Å². The molecule has 0 amide bonds. The minimum Gasteiger partial charge on any atom is -0.459 e. The van der Waals surface area contributed by atoms with E-state index in [0.29, 0.717) is 6.42 Å². The molecule has 1 aromatic carbocycles. The lowest BCUT2D eigenvalue weighted by molar-refractivity contribution is -0.177. The van der Waals surface area contributed by atoms with Crippen LogP contribution >= 0.6 is 0 Å². The smallest absolute Gasteiger partial charge is 0.324 e. The van der Waals surface area contributed by atoms with Gasteiger partial charge in [-0.05, 0) is 53.5 Å². The molecule has 1 fully saturated rings. The van der Waals surface area contributed by atoms with Gasteiger partial charge in [0, 0.05) is 5.92 Å². The van der Waals surface area contributed by atoms with Crippen molar-refractivity contribution in [1.29, 1.82) is 0 Å². The zero-order chi connectivity index (χ0) is 17.5. The standard InChI is InChI=1S/C19H26O4/c1-17(2,3)22-15(20)19(16(21)23-18(4,5)6)12-14(19)13-10-8-7-9-11-13/h7-11,14H,12H2,1-6H3/t14-/m1/s1. The van der Waals surface area contributed by atoms with Crippen LogP contribution in [0.25, 0.3) is 0 Å². The lowest BCUT2D eigenvalue weighted by Crippen LogP contribution is -2.39. The minimum absolute atomic E-state index is 0.187. The van der Waals surface area contributed by atoms with E-state index in [2.05, 4.69) is 0 Å². The van der Waals surface area contributed by atoms with E-state index in [-0.39, 0.29) is 5.92 Å². The lowest BCUT2D eigenvalue weighted by Gasteiger charge is -2.27. The Balaban J connectivity index is 2.31. The van der Waals surface area contributed by atoms with Crippen molar-refractivity contribution in [1.82, 2.24) is 0 Å². The third kappa shape index (κ3) is 3.92. The molecule has 0 aliphatic heterocycles. The molecule has 4 nitrogen and oxygen atoms in total. The minimum atomic E-state index is -1.22. The molecule has 0 unspecified atom stereocenters. The molecule has 2 rings (SSSR count). The fraction of sp³-hybridized carbons (Fsp3) is 0.579. The van der Waals surface area contributed by atoms with E-state index in [0.717, 1.165) is 5.56 Å². The SMILES string of the molecule is CC(C)(C)OC(=O)C1(C(=O)OC(C)(C)C)C[C@@H]1c1ccccc1. The zero-order valence-corrected chi connectivity index (χ0v) is 14.8. The van der Waals surface area contributed by atoms with Gasteiger partial charge in [0.05, 0.1) is 0 Å². The lowest BCUT2D eigenvalue weighted by atomic mass is 9.98. The first kappa shape index (κ1) is 17.5. The predicted molar refractivity (Wildman–Crippen MR) is 87.9 cm³/mol. The molecule has 0 aromatic heterocycles. The molecule has 4 heteroatoms. The number of rotatable bonds is 3. The average Bonchev–Trinajstić information content (AvgIpc) is 3.12. The Hall–Kier alpha value is -1.84. The van der Waals surface area contributed by atoms with Crippen LogP contribution in [-0.2, 0) is 19.1 Å². The van der Waals surface area contributed by atoms with Gasteiger partial charge in [0.2, 0.25) is 0 Å². The van der Waals surface area contributed by atoms with Crippen molar-refractivity contribution in [3.8, 4) is 0 Å². The van der Waals surface area contributed by atoms with Crippen LogP contribution in [-0.4, -0.2) is 23.1 Å². The normalized spacial score (nSPS) is 19.8. The van der Waals surface area contributed by atoms with E-state index in [1.165, 1.54) is 0 Å². The molecule has 1 atom stereocenters. The van der Waals surface area contributed by atoms with Crippen LogP contribution in [0, 0.1) is 5.41 Å².